The third-order valence-corrected chi connectivity index (χ3v) is 5.39. The summed E-state index contributed by atoms with van der Waals surface area (Å²) < 4.78 is 0. The van der Waals surface area contributed by atoms with E-state index in [-0.39, 0.29) is 11.8 Å². The maximum absolute atomic E-state index is 12.2. The van der Waals surface area contributed by atoms with Crippen LogP contribution in [0.25, 0.3) is 0 Å². The minimum absolute atomic E-state index is 0.114. The number of hydrogen-bond acceptors (Lipinski definition) is 3. The second-order valence-corrected chi connectivity index (χ2v) is 6.66. The fourth-order valence-electron chi connectivity index (χ4n) is 3.70. The lowest BCUT2D eigenvalue weighted by Crippen LogP contribution is -2.45. The van der Waals surface area contributed by atoms with E-state index in [1.807, 2.05) is 0 Å². The Labute approximate surface area is 127 Å². The summed E-state index contributed by atoms with van der Waals surface area (Å²) >= 11 is 0. The number of piperidine rings is 1. The minimum Gasteiger partial charge on any atom is -0.481 e. The molecule has 1 heterocycles. The average molecular weight is 296 g/mol. The van der Waals surface area contributed by atoms with Crippen molar-refractivity contribution in [3.05, 3.63) is 0 Å². The fraction of sp³-hybridized carbons (Fsp3) is 0.875. The van der Waals surface area contributed by atoms with Crippen LogP contribution in [0.15, 0.2) is 0 Å². The van der Waals surface area contributed by atoms with Gasteiger partial charge in [0.15, 0.2) is 0 Å². The van der Waals surface area contributed by atoms with Crippen LogP contribution in [0.4, 0.5) is 0 Å². The molecule has 1 aliphatic heterocycles. The van der Waals surface area contributed by atoms with Crippen LogP contribution in [-0.2, 0) is 9.59 Å². The van der Waals surface area contributed by atoms with Crippen molar-refractivity contribution in [3.63, 3.8) is 0 Å². The second kappa shape index (κ2) is 7.25. The molecule has 0 unspecified atom stereocenters. The molecule has 1 saturated carbocycles. The van der Waals surface area contributed by atoms with Gasteiger partial charge in [0.1, 0.15) is 0 Å². The fourth-order valence-corrected chi connectivity index (χ4v) is 3.70. The van der Waals surface area contributed by atoms with Crippen molar-refractivity contribution in [2.75, 3.05) is 26.2 Å². The Morgan fingerprint density at radius 1 is 1.24 bits per heavy atom. The van der Waals surface area contributed by atoms with Gasteiger partial charge in [0.2, 0.25) is 5.91 Å². The molecule has 120 valence electrons. The van der Waals surface area contributed by atoms with E-state index in [1.54, 1.807) is 4.90 Å². The summed E-state index contributed by atoms with van der Waals surface area (Å²) in [5, 5.41) is 12.3. The molecule has 2 N–H and O–H groups in total. The Bertz CT molecular complexity index is 370. The molecule has 1 saturated heterocycles. The third kappa shape index (κ3) is 4.19. The number of carboxylic acid groups (broad SMARTS) is 1. The summed E-state index contributed by atoms with van der Waals surface area (Å²) in [6, 6.07) is 0. The van der Waals surface area contributed by atoms with Crippen LogP contribution in [0.2, 0.25) is 0 Å². The van der Waals surface area contributed by atoms with E-state index in [0.29, 0.717) is 37.9 Å². The van der Waals surface area contributed by atoms with Crippen LogP contribution in [0.5, 0.6) is 0 Å². The molecule has 0 aromatic carbocycles. The van der Waals surface area contributed by atoms with E-state index >= 15 is 0 Å². The normalized spacial score (nSPS) is 22.4. The highest BCUT2D eigenvalue weighted by Gasteiger charge is 2.32. The molecular formula is C16H28N2O3. The van der Waals surface area contributed by atoms with Crippen molar-refractivity contribution in [2.45, 2.75) is 51.9 Å². The zero-order valence-electron chi connectivity index (χ0n) is 13.1. The number of hydrogen-bond donors (Lipinski definition) is 2. The molecule has 0 bridgehead atoms. The number of rotatable bonds is 6. The van der Waals surface area contributed by atoms with Crippen molar-refractivity contribution >= 4 is 11.9 Å². The van der Waals surface area contributed by atoms with Crippen LogP contribution >= 0.6 is 0 Å². The lowest BCUT2D eigenvalue weighted by Gasteiger charge is -2.31. The number of carbonyl (C=O) groups is 2. The van der Waals surface area contributed by atoms with Gasteiger partial charge >= 0.3 is 5.97 Å². The number of likely N-dealkylation sites (tertiary alicyclic amines) is 1. The van der Waals surface area contributed by atoms with Gasteiger partial charge in [-0.2, -0.15) is 0 Å². The van der Waals surface area contributed by atoms with Crippen LogP contribution in [0.1, 0.15) is 51.9 Å². The topological polar surface area (TPSA) is 69.6 Å². The first-order valence-corrected chi connectivity index (χ1v) is 8.28. The van der Waals surface area contributed by atoms with Crippen LogP contribution in [-0.4, -0.2) is 48.1 Å². The van der Waals surface area contributed by atoms with E-state index in [0.717, 1.165) is 6.54 Å². The molecule has 1 amide bonds. The molecule has 2 fully saturated rings. The predicted octanol–water partition coefficient (Wildman–Crippen LogP) is 1.87. The smallest absolute Gasteiger partial charge is 0.306 e. The Morgan fingerprint density at radius 2 is 1.86 bits per heavy atom. The molecule has 0 spiro atoms. The largest absolute Gasteiger partial charge is 0.481 e. The summed E-state index contributed by atoms with van der Waals surface area (Å²) in [7, 11) is 0. The van der Waals surface area contributed by atoms with Crippen molar-refractivity contribution in [2.24, 2.45) is 11.3 Å². The molecule has 0 radical (unpaired) electrons. The van der Waals surface area contributed by atoms with Crippen molar-refractivity contribution in [1.29, 1.82) is 0 Å². The van der Waals surface area contributed by atoms with Gasteiger partial charge in [-0.05, 0) is 37.5 Å². The Kier molecular flexibility index (Phi) is 5.62. The van der Waals surface area contributed by atoms with E-state index in [4.69, 9.17) is 5.11 Å². The highest BCUT2D eigenvalue weighted by atomic mass is 16.4. The van der Waals surface area contributed by atoms with Gasteiger partial charge in [0, 0.05) is 19.6 Å². The lowest BCUT2D eigenvalue weighted by molar-refractivity contribution is -0.145. The number of nitrogens with zero attached hydrogens (tertiary/aromatic N) is 1. The summed E-state index contributed by atoms with van der Waals surface area (Å²) in [5.41, 5.74) is 0.399. The Hall–Kier alpha value is -1.10. The van der Waals surface area contributed by atoms with E-state index in [1.165, 1.54) is 32.1 Å². The van der Waals surface area contributed by atoms with Crippen molar-refractivity contribution in [3.8, 4) is 0 Å². The number of amides is 1. The number of aliphatic carboxylic acids is 1. The second-order valence-electron chi connectivity index (χ2n) is 6.66. The first-order chi connectivity index (χ1) is 10.1. The highest BCUT2D eigenvalue weighted by molar-refractivity contribution is 5.78. The van der Waals surface area contributed by atoms with Gasteiger partial charge in [-0.15, -0.1) is 0 Å². The maximum atomic E-state index is 12.2. The highest BCUT2D eigenvalue weighted by Crippen LogP contribution is 2.40. The van der Waals surface area contributed by atoms with E-state index in [9.17, 15) is 9.59 Å². The van der Waals surface area contributed by atoms with Gasteiger partial charge in [-0.25, -0.2) is 0 Å². The lowest BCUT2D eigenvalue weighted by atomic mass is 9.83. The SMILES string of the molecule is CCC1(CNCC(=O)N2CCC(C(=O)O)CC2)CCCC1. The standard InChI is InChI=1S/C16H28N2O3/c1-2-16(7-3-4-8-16)12-17-11-14(19)18-9-5-13(6-10-18)15(20)21/h13,17H,2-12H2,1H3,(H,20,21). The van der Waals surface area contributed by atoms with Crippen LogP contribution < -0.4 is 5.32 Å². The van der Waals surface area contributed by atoms with Gasteiger partial charge in [-0.3, -0.25) is 9.59 Å². The molecular weight excluding hydrogens is 268 g/mol. The monoisotopic (exact) mass is 296 g/mol. The summed E-state index contributed by atoms with van der Waals surface area (Å²) in [6.07, 6.45) is 7.51. The van der Waals surface area contributed by atoms with Gasteiger partial charge < -0.3 is 15.3 Å². The molecule has 2 rings (SSSR count). The number of carbonyl (C=O) groups excluding carboxylic acids is 1. The summed E-state index contributed by atoms with van der Waals surface area (Å²) in [4.78, 5) is 24.9. The average Bonchev–Trinajstić information content (AvgIpc) is 2.96. The number of nitrogens with one attached hydrogen (secondary N) is 1. The molecule has 0 aromatic heterocycles. The molecule has 2 aliphatic rings. The first-order valence-electron chi connectivity index (χ1n) is 8.28. The summed E-state index contributed by atoms with van der Waals surface area (Å²) in [6.45, 7) is 4.72. The van der Waals surface area contributed by atoms with Gasteiger partial charge in [0.05, 0.1) is 12.5 Å². The molecule has 5 nitrogen and oxygen atoms in total. The van der Waals surface area contributed by atoms with Gasteiger partial charge in [0.25, 0.3) is 0 Å². The van der Waals surface area contributed by atoms with Crippen LogP contribution in [0, 0.1) is 11.3 Å². The van der Waals surface area contributed by atoms with Crippen LogP contribution in [0.3, 0.4) is 0 Å². The van der Waals surface area contributed by atoms with E-state index in [2.05, 4.69) is 12.2 Å². The molecule has 1 aliphatic carbocycles. The third-order valence-electron chi connectivity index (χ3n) is 5.39. The summed E-state index contributed by atoms with van der Waals surface area (Å²) in [5.74, 6) is -0.890. The molecule has 0 atom stereocenters. The molecule has 5 heteroatoms. The number of carboxylic acids is 1. The van der Waals surface area contributed by atoms with Crippen molar-refractivity contribution in [1.82, 2.24) is 10.2 Å². The zero-order chi connectivity index (χ0) is 15.3. The maximum Gasteiger partial charge on any atom is 0.306 e. The molecule has 21 heavy (non-hydrogen) atoms. The zero-order valence-corrected chi connectivity index (χ0v) is 13.1. The Balaban J connectivity index is 1.69. The van der Waals surface area contributed by atoms with Crippen molar-refractivity contribution < 1.29 is 14.7 Å². The minimum atomic E-state index is -0.730. The van der Waals surface area contributed by atoms with E-state index < -0.39 is 5.97 Å². The predicted molar refractivity (Wildman–Crippen MR) is 81.0 cm³/mol. The molecule has 0 aromatic rings. The van der Waals surface area contributed by atoms with Gasteiger partial charge in [-0.1, -0.05) is 19.8 Å². The first kappa shape index (κ1) is 16.3. The Morgan fingerprint density at radius 3 is 2.38 bits per heavy atom. The quantitative estimate of drug-likeness (QED) is 0.785.